The third-order valence-electron chi connectivity index (χ3n) is 1.94. The molecular weight excluding hydrogens is 199 g/mol. The highest BCUT2D eigenvalue weighted by Crippen LogP contribution is 2.13. The fraction of sp³-hybridized carbons (Fsp3) is 0.455. The largest absolute Gasteiger partial charge is 0.386 e. The zero-order valence-electron chi connectivity index (χ0n) is 8.65. The molecule has 0 aliphatic rings. The van der Waals surface area contributed by atoms with Crippen LogP contribution in [0.15, 0.2) is 24.3 Å². The second-order valence-corrected chi connectivity index (χ2v) is 3.14. The predicted molar refractivity (Wildman–Crippen MR) is 54.1 cm³/mol. The minimum absolute atomic E-state index is 0.146. The summed E-state index contributed by atoms with van der Waals surface area (Å²) in [5.41, 5.74) is 0.521. The van der Waals surface area contributed by atoms with Gasteiger partial charge in [-0.05, 0) is 17.7 Å². The van der Waals surface area contributed by atoms with Crippen LogP contribution < -0.4 is 0 Å². The zero-order chi connectivity index (χ0) is 11.1. The van der Waals surface area contributed by atoms with Crippen molar-refractivity contribution >= 4 is 0 Å². The molecule has 1 rings (SSSR count). The molecule has 1 atom stereocenters. The Morgan fingerprint density at radius 2 is 2.20 bits per heavy atom. The van der Waals surface area contributed by atoms with Crippen molar-refractivity contribution in [2.75, 3.05) is 26.9 Å². The molecular formula is C11H15FO3. The van der Waals surface area contributed by atoms with E-state index in [9.17, 15) is 9.50 Å². The summed E-state index contributed by atoms with van der Waals surface area (Å²) in [6.45, 7) is 1.05. The molecule has 0 fully saturated rings. The van der Waals surface area contributed by atoms with Gasteiger partial charge in [0.05, 0.1) is 19.8 Å². The summed E-state index contributed by atoms with van der Waals surface area (Å²) in [6, 6.07) is 5.85. The van der Waals surface area contributed by atoms with Crippen LogP contribution in [-0.4, -0.2) is 32.0 Å². The third-order valence-corrected chi connectivity index (χ3v) is 1.94. The first-order valence-electron chi connectivity index (χ1n) is 4.74. The van der Waals surface area contributed by atoms with E-state index >= 15 is 0 Å². The Bertz CT molecular complexity index is 291. The molecule has 0 saturated heterocycles. The van der Waals surface area contributed by atoms with Gasteiger partial charge in [0.2, 0.25) is 0 Å². The standard InChI is InChI=1S/C11H15FO3/c1-14-5-6-15-8-11(13)9-3-2-4-10(12)7-9/h2-4,7,11,13H,5-6,8H2,1H3. The summed E-state index contributed by atoms with van der Waals surface area (Å²) in [5.74, 6) is -0.358. The molecule has 15 heavy (non-hydrogen) atoms. The first-order valence-corrected chi connectivity index (χ1v) is 4.74. The summed E-state index contributed by atoms with van der Waals surface area (Å²) >= 11 is 0. The molecule has 0 aliphatic heterocycles. The van der Waals surface area contributed by atoms with Gasteiger partial charge in [-0.2, -0.15) is 0 Å². The average molecular weight is 214 g/mol. The molecule has 0 saturated carbocycles. The SMILES string of the molecule is COCCOCC(O)c1cccc(F)c1. The van der Waals surface area contributed by atoms with Crippen molar-refractivity contribution in [1.82, 2.24) is 0 Å². The van der Waals surface area contributed by atoms with Crippen molar-refractivity contribution in [2.45, 2.75) is 6.10 Å². The van der Waals surface area contributed by atoms with Crippen LogP contribution in [0.2, 0.25) is 0 Å². The molecule has 4 heteroatoms. The Labute approximate surface area is 88.4 Å². The molecule has 0 heterocycles. The fourth-order valence-corrected chi connectivity index (χ4v) is 1.15. The van der Waals surface area contributed by atoms with Gasteiger partial charge in [-0.15, -0.1) is 0 Å². The average Bonchev–Trinajstić information content (AvgIpc) is 2.24. The minimum atomic E-state index is -0.794. The topological polar surface area (TPSA) is 38.7 Å². The van der Waals surface area contributed by atoms with Crippen LogP contribution >= 0.6 is 0 Å². The Balaban J connectivity index is 2.36. The molecule has 0 spiro atoms. The van der Waals surface area contributed by atoms with Crippen molar-refractivity contribution < 1.29 is 19.0 Å². The lowest BCUT2D eigenvalue weighted by Gasteiger charge is -2.11. The smallest absolute Gasteiger partial charge is 0.123 e. The molecule has 1 aromatic rings. The van der Waals surface area contributed by atoms with Gasteiger partial charge in [-0.1, -0.05) is 12.1 Å². The minimum Gasteiger partial charge on any atom is -0.386 e. The van der Waals surface area contributed by atoms with Crippen LogP contribution in [0, 0.1) is 5.82 Å². The molecule has 1 unspecified atom stereocenters. The molecule has 0 bridgehead atoms. The number of aliphatic hydroxyl groups excluding tert-OH is 1. The molecule has 0 aliphatic carbocycles. The molecule has 3 nitrogen and oxygen atoms in total. The Morgan fingerprint density at radius 3 is 2.87 bits per heavy atom. The van der Waals surface area contributed by atoms with Crippen LogP contribution in [0.3, 0.4) is 0 Å². The summed E-state index contributed by atoms with van der Waals surface area (Å²) in [6.07, 6.45) is -0.794. The maximum Gasteiger partial charge on any atom is 0.123 e. The van der Waals surface area contributed by atoms with Crippen LogP contribution in [-0.2, 0) is 9.47 Å². The number of hydrogen-bond donors (Lipinski definition) is 1. The van der Waals surface area contributed by atoms with Gasteiger partial charge in [-0.25, -0.2) is 4.39 Å². The lowest BCUT2D eigenvalue weighted by molar-refractivity contribution is 0.0125. The van der Waals surface area contributed by atoms with Gasteiger partial charge in [0.15, 0.2) is 0 Å². The van der Waals surface area contributed by atoms with Crippen molar-refractivity contribution in [3.63, 3.8) is 0 Å². The molecule has 1 aromatic carbocycles. The number of hydrogen-bond acceptors (Lipinski definition) is 3. The van der Waals surface area contributed by atoms with Crippen molar-refractivity contribution in [3.8, 4) is 0 Å². The summed E-state index contributed by atoms with van der Waals surface area (Å²) in [4.78, 5) is 0. The van der Waals surface area contributed by atoms with Gasteiger partial charge >= 0.3 is 0 Å². The maximum atomic E-state index is 12.8. The lowest BCUT2D eigenvalue weighted by Crippen LogP contribution is -2.10. The van der Waals surface area contributed by atoms with E-state index in [0.717, 1.165) is 0 Å². The first-order chi connectivity index (χ1) is 7.24. The highest BCUT2D eigenvalue weighted by atomic mass is 19.1. The van der Waals surface area contributed by atoms with Gasteiger partial charge in [0.25, 0.3) is 0 Å². The summed E-state index contributed by atoms with van der Waals surface area (Å²) < 4.78 is 22.7. The van der Waals surface area contributed by atoms with Crippen molar-refractivity contribution in [2.24, 2.45) is 0 Å². The Morgan fingerprint density at radius 1 is 1.40 bits per heavy atom. The van der Waals surface area contributed by atoms with E-state index in [2.05, 4.69) is 0 Å². The van der Waals surface area contributed by atoms with Gasteiger partial charge in [-0.3, -0.25) is 0 Å². The summed E-state index contributed by atoms with van der Waals surface area (Å²) in [7, 11) is 1.58. The molecule has 84 valence electrons. The monoisotopic (exact) mass is 214 g/mol. The lowest BCUT2D eigenvalue weighted by atomic mass is 10.1. The molecule has 0 amide bonds. The van der Waals surface area contributed by atoms with E-state index in [1.807, 2.05) is 0 Å². The van der Waals surface area contributed by atoms with Crippen molar-refractivity contribution in [3.05, 3.63) is 35.6 Å². The number of rotatable bonds is 6. The number of benzene rings is 1. The maximum absolute atomic E-state index is 12.8. The fourth-order valence-electron chi connectivity index (χ4n) is 1.15. The second-order valence-electron chi connectivity index (χ2n) is 3.14. The highest BCUT2D eigenvalue weighted by molar-refractivity contribution is 5.18. The normalized spacial score (nSPS) is 12.7. The number of methoxy groups -OCH3 is 1. The molecule has 0 radical (unpaired) electrons. The van der Waals surface area contributed by atoms with E-state index in [-0.39, 0.29) is 12.4 Å². The van der Waals surface area contributed by atoms with Crippen LogP contribution in [0.4, 0.5) is 4.39 Å². The zero-order valence-corrected chi connectivity index (χ0v) is 8.65. The van der Waals surface area contributed by atoms with Crippen LogP contribution in [0.5, 0.6) is 0 Å². The first kappa shape index (κ1) is 12.1. The summed E-state index contributed by atoms with van der Waals surface area (Å²) in [5, 5.41) is 9.61. The van der Waals surface area contributed by atoms with E-state index < -0.39 is 6.10 Å². The van der Waals surface area contributed by atoms with Crippen LogP contribution in [0.25, 0.3) is 0 Å². The van der Waals surface area contributed by atoms with E-state index in [1.165, 1.54) is 12.1 Å². The van der Waals surface area contributed by atoms with Gasteiger partial charge in [0.1, 0.15) is 11.9 Å². The van der Waals surface area contributed by atoms with Crippen LogP contribution in [0.1, 0.15) is 11.7 Å². The van der Waals surface area contributed by atoms with E-state index in [1.54, 1.807) is 19.2 Å². The number of halogens is 1. The second kappa shape index (κ2) is 6.50. The number of ether oxygens (including phenoxy) is 2. The van der Waals surface area contributed by atoms with E-state index in [4.69, 9.17) is 9.47 Å². The van der Waals surface area contributed by atoms with Gasteiger partial charge in [0, 0.05) is 7.11 Å². The van der Waals surface area contributed by atoms with E-state index in [0.29, 0.717) is 18.8 Å². The molecule has 1 N–H and O–H groups in total. The third kappa shape index (κ3) is 4.38. The number of aliphatic hydroxyl groups is 1. The molecule has 0 aromatic heterocycles. The Kier molecular flexibility index (Phi) is 5.25. The van der Waals surface area contributed by atoms with Gasteiger partial charge < -0.3 is 14.6 Å². The quantitative estimate of drug-likeness (QED) is 0.730. The van der Waals surface area contributed by atoms with Crippen molar-refractivity contribution in [1.29, 1.82) is 0 Å². The predicted octanol–water partition coefficient (Wildman–Crippen LogP) is 1.52. The highest BCUT2D eigenvalue weighted by Gasteiger charge is 2.07. The Hall–Kier alpha value is -0.970.